The number of carbonyl (C=O) groups excluding carboxylic acids is 1. The molecule has 1 saturated heterocycles. The van der Waals surface area contributed by atoms with Crippen LogP contribution < -0.4 is 5.73 Å². The van der Waals surface area contributed by atoms with Gasteiger partial charge in [-0.25, -0.2) is 4.98 Å². The summed E-state index contributed by atoms with van der Waals surface area (Å²) in [5.74, 6) is 0.00904. The van der Waals surface area contributed by atoms with Crippen LogP contribution in [0.3, 0.4) is 0 Å². The Bertz CT molecular complexity index is 656. The quantitative estimate of drug-likeness (QED) is 0.811. The summed E-state index contributed by atoms with van der Waals surface area (Å²) in [4.78, 5) is 22.1. The van der Waals surface area contributed by atoms with E-state index in [0.717, 1.165) is 42.1 Å². The molecule has 1 amide bonds. The van der Waals surface area contributed by atoms with Gasteiger partial charge in [0.2, 0.25) is 0 Å². The molecule has 134 valence electrons. The third-order valence-corrected chi connectivity index (χ3v) is 5.70. The van der Waals surface area contributed by atoms with E-state index in [1.54, 1.807) is 16.7 Å². The third kappa shape index (κ3) is 5.29. The number of hydrogen-bond donors (Lipinski definition) is 1. The minimum absolute atomic E-state index is 0. The number of amides is 1. The first-order valence-electron chi connectivity index (χ1n) is 7.06. The Labute approximate surface area is 166 Å². The largest absolute Gasteiger partial charge is 0.335 e. The van der Waals surface area contributed by atoms with Gasteiger partial charge in [-0.2, -0.15) is 0 Å². The van der Waals surface area contributed by atoms with Crippen molar-refractivity contribution < 1.29 is 4.79 Å². The first kappa shape index (κ1) is 21.6. The fourth-order valence-electron chi connectivity index (χ4n) is 2.43. The van der Waals surface area contributed by atoms with Gasteiger partial charge in [0.05, 0.1) is 4.34 Å². The van der Waals surface area contributed by atoms with Gasteiger partial charge in [-0.3, -0.25) is 9.69 Å². The van der Waals surface area contributed by atoms with E-state index in [1.165, 1.54) is 16.2 Å². The smallest absolute Gasteiger partial charge is 0.273 e. The molecule has 2 aromatic heterocycles. The van der Waals surface area contributed by atoms with Gasteiger partial charge < -0.3 is 10.6 Å². The lowest BCUT2D eigenvalue weighted by Gasteiger charge is -2.34. The Morgan fingerprint density at radius 3 is 2.50 bits per heavy atom. The summed E-state index contributed by atoms with van der Waals surface area (Å²) < 4.78 is 0.822. The van der Waals surface area contributed by atoms with Crippen LogP contribution in [0, 0.1) is 0 Å². The van der Waals surface area contributed by atoms with Crippen molar-refractivity contribution >= 4 is 65.0 Å². The van der Waals surface area contributed by atoms with Gasteiger partial charge in [-0.05, 0) is 12.1 Å². The molecular weight excluding hydrogens is 411 g/mol. The molecule has 1 aliphatic heterocycles. The summed E-state index contributed by atoms with van der Waals surface area (Å²) in [6.07, 6.45) is 0. The van der Waals surface area contributed by atoms with Crippen LogP contribution in [0.25, 0.3) is 0 Å². The molecule has 0 bridgehead atoms. The molecule has 3 heterocycles. The SMILES string of the molecule is Cl.Cl.NCc1nc(C(=O)N2CCN(Cc3ccc(Cl)s3)CC2)cs1. The number of hydrogen-bond acceptors (Lipinski definition) is 6. The van der Waals surface area contributed by atoms with Crippen LogP contribution in [0.5, 0.6) is 0 Å². The molecule has 2 N–H and O–H groups in total. The molecule has 0 spiro atoms. The number of aromatic nitrogens is 1. The minimum atomic E-state index is 0. The van der Waals surface area contributed by atoms with Crippen molar-refractivity contribution in [1.82, 2.24) is 14.8 Å². The molecule has 10 heteroatoms. The van der Waals surface area contributed by atoms with Gasteiger partial charge in [0.15, 0.2) is 0 Å². The van der Waals surface area contributed by atoms with Crippen LogP contribution in [0.2, 0.25) is 4.34 Å². The van der Waals surface area contributed by atoms with Crippen molar-refractivity contribution in [3.8, 4) is 0 Å². The predicted molar refractivity (Wildman–Crippen MR) is 105 cm³/mol. The fraction of sp³-hybridized carbons (Fsp3) is 0.429. The zero-order chi connectivity index (χ0) is 15.5. The highest BCUT2D eigenvalue weighted by atomic mass is 35.5. The van der Waals surface area contributed by atoms with E-state index >= 15 is 0 Å². The van der Waals surface area contributed by atoms with Crippen molar-refractivity contribution in [1.29, 1.82) is 0 Å². The lowest BCUT2D eigenvalue weighted by molar-refractivity contribution is 0.0624. The van der Waals surface area contributed by atoms with E-state index in [4.69, 9.17) is 17.3 Å². The fourth-order valence-corrected chi connectivity index (χ4v) is 4.21. The zero-order valence-electron chi connectivity index (χ0n) is 12.8. The van der Waals surface area contributed by atoms with Crippen molar-refractivity contribution in [3.05, 3.63) is 37.4 Å². The molecule has 0 atom stereocenters. The normalized spacial score (nSPS) is 14.8. The average molecular weight is 430 g/mol. The van der Waals surface area contributed by atoms with E-state index in [-0.39, 0.29) is 30.7 Å². The average Bonchev–Trinajstić information content (AvgIpc) is 3.16. The first-order valence-corrected chi connectivity index (χ1v) is 9.13. The van der Waals surface area contributed by atoms with Crippen LogP contribution in [0.4, 0.5) is 0 Å². The van der Waals surface area contributed by atoms with Crippen LogP contribution in [0.1, 0.15) is 20.4 Å². The maximum absolute atomic E-state index is 12.4. The molecule has 5 nitrogen and oxygen atoms in total. The van der Waals surface area contributed by atoms with Crippen molar-refractivity contribution in [2.75, 3.05) is 26.2 Å². The molecule has 0 unspecified atom stereocenters. The summed E-state index contributed by atoms with van der Waals surface area (Å²) in [5.41, 5.74) is 6.06. The van der Waals surface area contributed by atoms with Crippen LogP contribution >= 0.6 is 59.1 Å². The second-order valence-corrected chi connectivity index (χ2v) is 7.85. The number of nitrogens with zero attached hydrogens (tertiary/aromatic N) is 3. The van der Waals surface area contributed by atoms with E-state index in [1.807, 2.05) is 11.0 Å². The second kappa shape index (κ2) is 9.91. The molecule has 3 rings (SSSR count). The maximum atomic E-state index is 12.4. The summed E-state index contributed by atoms with van der Waals surface area (Å²) in [7, 11) is 0. The highest BCUT2D eigenvalue weighted by Crippen LogP contribution is 2.23. The molecule has 2 aromatic rings. The molecule has 0 aliphatic carbocycles. The number of thiazole rings is 1. The van der Waals surface area contributed by atoms with Crippen molar-refractivity contribution in [2.45, 2.75) is 13.1 Å². The summed E-state index contributed by atoms with van der Waals surface area (Å²) in [6.45, 7) is 4.48. The van der Waals surface area contributed by atoms with Gasteiger partial charge in [0.1, 0.15) is 10.7 Å². The number of thiophene rings is 1. The van der Waals surface area contributed by atoms with Gasteiger partial charge in [0, 0.05) is 49.5 Å². The number of carbonyl (C=O) groups is 1. The number of rotatable bonds is 4. The Kier molecular flexibility index (Phi) is 8.94. The Morgan fingerprint density at radius 1 is 1.25 bits per heavy atom. The second-order valence-electron chi connectivity index (χ2n) is 5.10. The molecule has 24 heavy (non-hydrogen) atoms. The highest BCUT2D eigenvalue weighted by molar-refractivity contribution is 7.16. The highest BCUT2D eigenvalue weighted by Gasteiger charge is 2.23. The maximum Gasteiger partial charge on any atom is 0.273 e. The van der Waals surface area contributed by atoms with Gasteiger partial charge >= 0.3 is 0 Å². The van der Waals surface area contributed by atoms with Gasteiger partial charge in [-0.1, -0.05) is 11.6 Å². The Hall–Kier alpha value is -0.410. The summed E-state index contributed by atoms with van der Waals surface area (Å²) in [6, 6.07) is 3.99. The molecule has 1 aliphatic rings. The minimum Gasteiger partial charge on any atom is -0.335 e. The van der Waals surface area contributed by atoms with E-state index in [2.05, 4.69) is 16.0 Å². The van der Waals surface area contributed by atoms with Crippen LogP contribution in [-0.2, 0) is 13.1 Å². The lowest BCUT2D eigenvalue weighted by Crippen LogP contribution is -2.48. The zero-order valence-corrected chi connectivity index (χ0v) is 16.8. The molecular formula is C14H19Cl3N4OS2. The first-order chi connectivity index (χ1) is 10.7. The number of nitrogens with two attached hydrogens (primary N) is 1. The Balaban J connectivity index is 0.00000144. The van der Waals surface area contributed by atoms with Crippen LogP contribution in [0.15, 0.2) is 17.5 Å². The van der Waals surface area contributed by atoms with Gasteiger partial charge in [0.25, 0.3) is 5.91 Å². The van der Waals surface area contributed by atoms with E-state index in [0.29, 0.717) is 12.2 Å². The summed E-state index contributed by atoms with van der Waals surface area (Å²) in [5, 5.41) is 2.60. The summed E-state index contributed by atoms with van der Waals surface area (Å²) >= 11 is 9.01. The molecule has 1 fully saturated rings. The number of halogens is 3. The Morgan fingerprint density at radius 2 is 1.96 bits per heavy atom. The van der Waals surface area contributed by atoms with Crippen molar-refractivity contribution in [3.63, 3.8) is 0 Å². The van der Waals surface area contributed by atoms with E-state index in [9.17, 15) is 4.79 Å². The number of piperazine rings is 1. The monoisotopic (exact) mass is 428 g/mol. The lowest BCUT2D eigenvalue weighted by atomic mass is 10.2. The third-order valence-electron chi connectivity index (χ3n) is 3.61. The molecule has 0 saturated carbocycles. The van der Waals surface area contributed by atoms with Crippen LogP contribution in [-0.4, -0.2) is 46.9 Å². The molecule has 0 aromatic carbocycles. The van der Waals surface area contributed by atoms with Crippen molar-refractivity contribution in [2.24, 2.45) is 5.73 Å². The standard InChI is InChI=1S/C14H17ClN4OS2.2ClH/c15-12-2-1-10(22-12)8-18-3-5-19(6-4-18)14(20)11-9-21-13(7-16)17-11;;/h1-2,9H,3-8,16H2;2*1H. The van der Waals surface area contributed by atoms with Gasteiger partial charge in [-0.15, -0.1) is 47.5 Å². The topological polar surface area (TPSA) is 62.5 Å². The molecule has 0 radical (unpaired) electrons. The predicted octanol–water partition coefficient (Wildman–Crippen LogP) is 3.12. The van der Waals surface area contributed by atoms with E-state index < -0.39 is 0 Å².